The molecular formula is C17H17N2O+. The van der Waals surface area contributed by atoms with Gasteiger partial charge in [-0.15, -0.1) is 0 Å². The second-order valence-corrected chi connectivity index (χ2v) is 6.56. The fourth-order valence-electron chi connectivity index (χ4n) is 5.13. The van der Waals surface area contributed by atoms with Crippen LogP contribution in [0.15, 0.2) is 41.4 Å². The normalized spacial score (nSPS) is 43.3. The number of hydrogen-bond donors (Lipinski definition) is 0. The first-order valence-electron chi connectivity index (χ1n) is 7.58. The van der Waals surface area contributed by atoms with Crippen LogP contribution < -0.4 is 0 Å². The summed E-state index contributed by atoms with van der Waals surface area (Å²) >= 11 is 0. The molecule has 0 saturated heterocycles. The molecule has 4 aliphatic rings. The third kappa shape index (κ3) is 1.15. The van der Waals surface area contributed by atoms with Gasteiger partial charge in [-0.1, -0.05) is 30.4 Å². The van der Waals surface area contributed by atoms with Crippen LogP contribution in [0.5, 0.6) is 0 Å². The van der Waals surface area contributed by atoms with E-state index in [0.717, 1.165) is 18.7 Å². The Bertz CT molecular complexity index is 663. The van der Waals surface area contributed by atoms with Gasteiger partial charge in [0.25, 0.3) is 5.69 Å². The molecule has 0 radical (unpaired) electrons. The van der Waals surface area contributed by atoms with Crippen LogP contribution in [0, 0.1) is 28.6 Å². The number of nitroso groups, excluding NO2 is 1. The number of hydrogen-bond acceptors (Lipinski definition) is 2. The van der Waals surface area contributed by atoms with Crippen molar-refractivity contribution < 1.29 is 4.76 Å². The van der Waals surface area contributed by atoms with Crippen molar-refractivity contribution in [1.29, 1.82) is 0 Å². The predicted octanol–water partition coefficient (Wildman–Crippen LogP) is 3.09. The Morgan fingerprint density at radius 1 is 1.15 bits per heavy atom. The average molecular weight is 265 g/mol. The first kappa shape index (κ1) is 11.0. The molecule has 3 heteroatoms. The molecule has 0 spiro atoms. The number of rotatable bonds is 0. The summed E-state index contributed by atoms with van der Waals surface area (Å²) in [5.74, 6) is 2.43. The molecular weight excluding hydrogens is 248 g/mol. The van der Waals surface area contributed by atoms with Crippen molar-refractivity contribution in [2.75, 3.05) is 6.54 Å². The summed E-state index contributed by atoms with van der Waals surface area (Å²) in [7, 11) is 0. The smallest absolute Gasteiger partial charge is 0.260 e. The lowest BCUT2D eigenvalue weighted by molar-refractivity contribution is -0.515. The zero-order valence-electron chi connectivity index (χ0n) is 11.2. The average Bonchev–Trinajstić information content (AvgIpc) is 3.16. The van der Waals surface area contributed by atoms with Crippen LogP contribution in [0.3, 0.4) is 0 Å². The summed E-state index contributed by atoms with van der Waals surface area (Å²) in [6.07, 6.45) is 7.84. The number of nitrogens with zero attached hydrogens (tertiary/aromatic N) is 2. The van der Waals surface area contributed by atoms with E-state index in [4.69, 9.17) is 0 Å². The Labute approximate surface area is 118 Å². The second kappa shape index (κ2) is 3.66. The molecule has 2 aliphatic heterocycles. The molecule has 3 nitrogen and oxygen atoms in total. The summed E-state index contributed by atoms with van der Waals surface area (Å²) in [6, 6.07) is 8.31. The lowest BCUT2D eigenvalue weighted by Crippen LogP contribution is -2.47. The summed E-state index contributed by atoms with van der Waals surface area (Å²) in [5, 5.41) is 0. The number of allylic oxidation sites excluding steroid dienone is 2. The van der Waals surface area contributed by atoms with E-state index < -0.39 is 0 Å². The van der Waals surface area contributed by atoms with Crippen molar-refractivity contribution >= 4 is 11.9 Å². The minimum Gasteiger partial charge on any atom is -0.297 e. The molecule has 2 aliphatic carbocycles. The van der Waals surface area contributed by atoms with Gasteiger partial charge in [0.05, 0.1) is 5.92 Å². The molecule has 6 atom stereocenters. The van der Waals surface area contributed by atoms with Crippen molar-refractivity contribution in [1.82, 2.24) is 0 Å². The van der Waals surface area contributed by atoms with Crippen LogP contribution >= 0.6 is 0 Å². The monoisotopic (exact) mass is 265 g/mol. The van der Waals surface area contributed by atoms with E-state index in [9.17, 15) is 4.91 Å². The van der Waals surface area contributed by atoms with E-state index in [-0.39, 0.29) is 6.04 Å². The molecule has 0 N–H and O–H groups in total. The molecule has 6 unspecified atom stereocenters. The number of fused-ring (bicyclic) bond motifs is 8. The van der Waals surface area contributed by atoms with Gasteiger partial charge >= 0.3 is 0 Å². The van der Waals surface area contributed by atoms with Gasteiger partial charge in [0.2, 0.25) is 6.04 Å². The Hall–Kier alpha value is -1.77. The lowest BCUT2D eigenvalue weighted by Gasteiger charge is -2.39. The van der Waals surface area contributed by atoms with E-state index in [0.29, 0.717) is 29.6 Å². The van der Waals surface area contributed by atoms with Crippen LogP contribution in [0.4, 0.5) is 5.69 Å². The molecule has 1 aromatic carbocycles. The fraction of sp³-hybridized carbons (Fsp3) is 0.471. The first-order chi connectivity index (χ1) is 9.86. The molecule has 0 bridgehead atoms. The number of benzene rings is 1. The minimum absolute atomic E-state index is 0.121. The van der Waals surface area contributed by atoms with E-state index in [1.54, 1.807) is 0 Å². The van der Waals surface area contributed by atoms with Crippen molar-refractivity contribution in [3.63, 3.8) is 0 Å². The van der Waals surface area contributed by atoms with Gasteiger partial charge in [0.1, 0.15) is 0 Å². The van der Waals surface area contributed by atoms with Gasteiger partial charge in [0, 0.05) is 51.8 Å². The van der Waals surface area contributed by atoms with Crippen molar-refractivity contribution in [3.05, 3.63) is 46.9 Å². The zero-order chi connectivity index (χ0) is 13.3. The van der Waals surface area contributed by atoms with Gasteiger partial charge in [0.15, 0.2) is 0 Å². The highest BCUT2D eigenvalue weighted by Gasteiger charge is 2.62. The number of aliphatic imine (C=N–C) groups is 1. The summed E-state index contributed by atoms with van der Waals surface area (Å²) in [4.78, 5) is 17.4. The SMILES string of the molecule is O=[N+]1c2ccccc2C2C3CN=CC3C3C=CCC3C21. The molecule has 1 fully saturated rings. The molecule has 0 amide bonds. The highest BCUT2D eigenvalue weighted by atomic mass is 16.3. The zero-order valence-corrected chi connectivity index (χ0v) is 11.2. The predicted molar refractivity (Wildman–Crippen MR) is 77.3 cm³/mol. The van der Waals surface area contributed by atoms with Crippen LogP contribution in [0.25, 0.3) is 0 Å². The maximum Gasteiger partial charge on any atom is 0.260 e. The Morgan fingerprint density at radius 2 is 2.05 bits per heavy atom. The first-order valence-corrected chi connectivity index (χ1v) is 7.58. The molecule has 1 aromatic rings. The van der Waals surface area contributed by atoms with E-state index in [1.165, 1.54) is 10.3 Å². The van der Waals surface area contributed by atoms with E-state index >= 15 is 0 Å². The molecule has 2 heterocycles. The maximum atomic E-state index is 12.8. The van der Waals surface area contributed by atoms with Crippen molar-refractivity contribution in [2.45, 2.75) is 18.4 Å². The molecule has 5 rings (SSSR count). The topological polar surface area (TPSA) is 32.4 Å². The lowest BCUT2D eigenvalue weighted by atomic mass is 9.61. The maximum absolute atomic E-state index is 12.8. The summed E-state index contributed by atoms with van der Waals surface area (Å²) in [6.45, 7) is 0.894. The highest BCUT2D eigenvalue weighted by Crippen LogP contribution is 2.58. The van der Waals surface area contributed by atoms with Crippen LogP contribution in [-0.4, -0.2) is 23.6 Å². The molecule has 20 heavy (non-hydrogen) atoms. The largest absolute Gasteiger partial charge is 0.297 e. The Kier molecular flexibility index (Phi) is 2.00. The van der Waals surface area contributed by atoms with Gasteiger partial charge < -0.3 is 0 Å². The third-order valence-corrected chi connectivity index (χ3v) is 5.87. The molecule has 0 aromatic heterocycles. The van der Waals surface area contributed by atoms with Gasteiger partial charge in [-0.25, -0.2) is 0 Å². The minimum atomic E-state index is 0.121. The van der Waals surface area contributed by atoms with Crippen molar-refractivity contribution in [2.24, 2.45) is 28.7 Å². The number of para-hydroxylation sites is 1. The third-order valence-electron chi connectivity index (χ3n) is 5.87. The van der Waals surface area contributed by atoms with Crippen molar-refractivity contribution in [3.8, 4) is 0 Å². The second-order valence-electron chi connectivity index (χ2n) is 6.56. The Morgan fingerprint density at radius 3 is 3.00 bits per heavy atom. The Balaban J connectivity index is 1.70. The molecule has 100 valence electrons. The molecule has 1 saturated carbocycles. The summed E-state index contributed by atoms with van der Waals surface area (Å²) in [5.41, 5.74) is 2.17. The van der Waals surface area contributed by atoms with Crippen LogP contribution in [0.2, 0.25) is 0 Å². The summed E-state index contributed by atoms with van der Waals surface area (Å²) < 4.78 is 1.32. The highest BCUT2D eigenvalue weighted by molar-refractivity contribution is 5.66. The van der Waals surface area contributed by atoms with E-state index in [2.05, 4.69) is 35.5 Å². The quantitative estimate of drug-likeness (QED) is 0.524. The van der Waals surface area contributed by atoms with Gasteiger partial charge in [-0.2, -0.15) is 0 Å². The van der Waals surface area contributed by atoms with Gasteiger partial charge in [-0.05, 0) is 12.3 Å². The standard InChI is InChI=1S/C17H17N2O/c20-19-15-7-2-1-4-12(15)16-14-9-18-8-13(14)10-5-3-6-11(10)17(16)19/h1-5,7-8,10-11,13-14,16-17H,6,9H2/q+1. The van der Waals surface area contributed by atoms with Gasteiger partial charge in [-0.3, -0.25) is 4.99 Å². The van der Waals surface area contributed by atoms with E-state index in [1.807, 2.05) is 12.1 Å². The van der Waals surface area contributed by atoms with Crippen LogP contribution in [0.1, 0.15) is 17.9 Å². The van der Waals surface area contributed by atoms with Crippen LogP contribution in [-0.2, 0) is 0 Å². The fourth-order valence-corrected chi connectivity index (χ4v) is 5.13.